The van der Waals surface area contributed by atoms with Crippen molar-refractivity contribution in [3.63, 3.8) is 0 Å². The lowest BCUT2D eigenvalue weighted by molar-refractivity contribution is 0.0954. The van der Waals surface area contributed by atoms with Crippen LogP contribution in [-0.2, 0) is 0 Å². The fourth-order valence-corrected chi connectivity index (χ4v) is 3.11. The molecule has 1 heterocycles. The van der Waals surface area contributed by atoms with E-state index in [-0.39, 0.29) is 11.7 Å². The van der Waals surface area contributed by atoms with E-state index in [0.29, 0.717) is 17.1 Å². The van der Waals surface area contributed by atoms with Crippen molar-refractivity contribution in [3.05, 3.63) is 76.9 Å². The quantitative estimate of drug-likeness (QED) is 0.507. The normalized spacial score (nSPS) is 10.9. The molecule has 0 radical (unpaired) electrons. The van der Waals surface area contributed by atoms with Crippen LogP contribution in [0.25, 0.3) is 5.69 Å². The molecule has 0 aliphatic carbocycles. The van der Waals surface area contributed by atoms with Crippen molar-refractivity contribution in [2.75, 3.05) is 14.2 Å². The Labute approximate surface area is 168 Å². The molecule has 0 aliphatic heterocycles. The summed E-state index contributed by atoms with van der Waals surface area (Å²) in [6.07, 6.45) is 1.52. The lowest BCUT2D eigenvalue weighted by Crippen LogP contribution is -2.18. The standard InChI is InChI=1S/C22H22FN3O3/c1-14-9-21(15(2)26(14)18-7-5-17(23)6-8-18)22(27)25-24-13-16-10-19(28-3)12-20(11-16)29-4/h5-13H,1-4H3,(H,25,27)/b24-13+. The lowest BCUT2D eigenvalue weighted by Gasteiger charge is -2.09. The number of rotatable bonds is 6. The first kappa shape index (κ1) is 20.1. The number of carbonyl (C=O) groups is 1. The minimum absolute atomic E-state index is 0.308. The van der Waals surface area contributed by atoms with Gasteiger partial charge >= 0.3 is 0 Å². The third-order valence-corrected chi connectivity index (χ3v) is 4.51. The van der Waals surface area contributed by atoms with Gasteiger partial charge in [-0.25, -0.2) is 9.82 Å². The number of nitrogens with zero attached hydrogens (tertiary/aromatic N) is 2. The number of carbonyl (C=O) groups excluding carboxylic acids is 1. The molecule has 1 amide bonds. The van der Waals surface area contributed by atoms with Crippen molar-refractivity contribution in [1.29, 1.82) is 0 Å². The van der Waals surface area contributed by atoms with Gasteiger partial charge in [-0.3, -0.25) is 4.79 Å². The second-order valence-corrected chi connectivity index (χ2v) is 6.44. The number of hydrogen-bond acceptors (Lipinski definition) is 4. The number of aryl methyl sites for hydroxylation is 1. The fourth-order valence-electron chi connectivity index (χ4n) is 3.11. The second kappa shape index (κ2) is 8.60. The third kappa shape index (κ3) is 4.45. The molecule has 0 unspecified atom stereocenters. The molecule has 6 nitrogen and oxygen atoms in total. The minimum atomic E-state index is -0.336. The molecule has 1 N–H and O–H groups in total. The number of halogens is 1. The highest BCUT2D eigenvalue weighted by Gasteiger charge is 2.16. The lowest BCUT2D eigenvalue weighted by atomic mass is 10.2. The molecule has 29 heavy (non-hydrogen) atoms. The molecular weight excluding hydrogens is 373 g/mol. The van der Waals surface area contributed by atoms with Gasteiger partial charge in [-0.15, -0.1) is 0 Å². The Kier molecular flexibility index (Phi) is 5.97. The van der Waals surface area contributed by atoms with E-state index in [1.807, 2.05) is 18.4 Å². The van der Waals surface area contributed by atoms with Gasteiger partial charge in [0.2, 0.25) is 0 Å². The average Bonchev–Trinajstić information content (AvgIpc) is 3.02. The summed E-state index contributed by atoms with van der Waals surface area (Å²) in [7, 11) is 3.13. The summed E-state index contributed by atoms with van der Waals surface area (Å²) in [5, 5.41) is 4.04. The van der Waals surface area contributed by atoms with Crippen LogP contribution in [-0.4, -0.2) is 30.9 Å². The zero-order chi connectivity index (χ0) is 21.0. The molecule has 2 aromatic carbocycles. The molecule has 0 atom stereocenters. The molecule has 0 saturated carbocycles. The molecule has 3 aromatic rings. The van der Waals surface area contributed by atoms with Crippen LogP contribution in [0.15, 0.2) is 53.6 Å². The van der Waals surface area contributed by atoms with E-state index >= 15 is 0 Å². The van der Waals surface area contributed by atoms with Gasteiger partial charge < -0.3 is 14.0 Å². The van der Waals surface area contributed by atoms with Crippen LogP contribution in [0.3, 0.4) is 0 Å². The summed E-state index contributed by atoms with van der Waals surface area (Å²) in [6.45, 7) is 3.72. The molecular formula is C22H22FN3O3. The maximum Gasteiger partial charge on any atom is 0.273 e. The summed E-state index contributed by atoms with van der Waals surface area (Å²) < 4.78 is 25.5. The van der Waals surface area contributed by atoms with Crippen LogP contribution >= 0.6 is 0 Å². The van der Waals surface area contributed by atoms with E-state index in [2.05, 4.69) is 10.5 Å². The summed E-state index contributed by atoms with van der Waals surface area (Å²) in [5.41, 5.74) is 6.14. The number of hydrogen-bond donors (Lipinski definition) is 1. The minimum Gasteiger partial charge on any atom is -0.497 e. The predicted molar refractivity (Wildman–Crippen MR) is 110 cm³/mol. The summed E-state index contributed by atoms with van der Waals surface area (Å²) >= 11 is 0. The number of nitrogens with one attached hydrogen (secondary N) is 1. The van der Waals surface area contributed by atoms with Crippen molar-refractivity contribution >= 4 is 12.1 Å². The summed E-state index contributed by atoms with van der Waals surface area (Å²) in [4.78, 5) is 12.6. The number of amides is 1. The van der Waals surface area contributed by atoms with E-state index in [9.17, 15) is 9.18 Å². The van der Waals surface area contributed by atoms with Crippen molar-refractivity contribution in [2.24, 2.45) is 5.10 Å². The maximum absolute atomic E-state index is 13.2. The molecule has 7 heteroatoms. The Balaban J connectivity index is 1.79. The third-order valence-electron chi connectivity index (χ3n) is 4.51. The monoisotopic (exact) mass is 395 g/mol. The van der Waals surface area contributed by atoms with Crippen LogP contribution in [0, 0.1) is 19.7 Å². The highest BCUT2D eigenvalue weighted by molar-refractivity contribution is 5.96. The second-order valence-electron chi connectivity index (χ2n) is 6.44. The van der Waals surface area contributed by atoms with Gasteiger partial charge in [0.05, 0.1) is 26.0 Å². The first-order valence-corrected chi connectivity index (χ1v) is 8.94. The van der Waals surface area contributed by atoms with E-state index in [1.54, 1.807) is 50.6 Å². The highest BCUT2D eigenvalue weighted by atomic mass is 19.1. The van der Waals surface area contributed by atoms with Crippen LogP contribution in [0.4, 0.5) is 4.39 Å². The van der Waals surface area contributed by atoms with Gasteiger partial charge in [-0.05, 0) is 56.3 Å². The van der Waals surface area contributed by atoms with E-state index < -0.39 is 0 Å². The number of ether oxygens (including phenoxy) is 2. The van der Waals surface area contributed by atoms with Crippen molar-refractivity contribution in [3.8, 4) is 17.2 Å². The van der Waals surface area contributed by atoms with Gasteiger partial charge in [-0.2, -0.15) is 5.10 Å². The van der Waals surface area contributed by atoms with E-state index in [0.717, 1.165) is 22.6 Å². The maximum atomic E-state index is 13.2. The molecule has 0 saturated heterocycles. The molecule has 150 valence electrons. The van der Waals surface area contributed by atoms with Crippen LogP contribution in [0.5, 0.6) is 11.5 Å². The molecule has 3 rings (SSSR count). The first-order chi connectivity index (χ1) is 13.9. The Morgan fingerprint density at radius 1 is 1.03 bits per heavy atom. The number of methoxy groups -OCH3 is 2. The molecule has 0 bridgehead atoms. The predicted octanol–water partition coefficient (Wildman–Crippen LogP) is 4.01. The Hall–Kier alpha value is -3.61. The Morgan fingerprint density at radius 3 is 2.24 bits per heavy atom. The number of benzene rings is 2. The van der Waals surface area contributed by atoms with E-state index in [4.69, 9.17) is 9.47 Å². The summed E-state index contributed by atoms with van der Waals surface area (Å²) in [5.74, 6) is 0.607. The zero-order valence-corrected chi connectivity index (χ0v) is 16.7. The van der Waals surface area contributed by atoms with E-state index in [1.165, 1.54) is 18.3 Å². The van der Waals surface area contributed by atoms with Crippen molar-refractivity contribution in [1.82, 2.24) is 9.99 Å². The number of aromatic nitrogens is 1. The van der Waals surface area contributed by atoms with Crippen molar-refractivity contribution in [2.45, 2.75) is 13.8 Å². The van der Waals surface area contributed by atoms with Crippen LogP contribution in [0.2, 0.25) is 0 Å². The first-order valence-electron chi connectivity index (χ1n) is 8.94. The largest absolute Gasteiger partial charge is 0.497 e. The van der Waals surface area contributed by atoms with Gasteiger partial charge in [0, 0.05) is 28.7 Å². The number of hydrazone groups is 1. The highest BCUT2D eigenvalue weighted by Crippen LogP contribution is 2.22. The molecule has 0 aliphatic rings. The van der Waals surface area contributed by atoms with Gasteiger partial charge in [0.1, 0.15) is 17.3 Å². The molecule has 1 aromatic heterocycles. The average molecular weight is 395 g/mol. The SMILES string of the molecule is COc1cc(/C=N/NC(=O)c2cc(C)n(-c3ccc(F)cc3)c2C)cc(OC)c1. The Morgan fingerprint density at radius 2 is 1.66 bits per heavy atom. The Bertz CT molecular complexity index is 1030. The molecule has 0 spiro atoms. The zero-order valence-electron chi connectivity index (χ0n) is 16.7. The van der Waals surface area contributed by atoms with Gasteiger partial charge in [0.25, 0.3) is 5.91 Å². The topological polar surface area (TPSA) is 64.8 Å². The van der Waals surface area contributed by atoms with Crippen molar-refractivity contribution < 1.29 is 18.7 Å². The smallest absolute Gasteiger partial charge is 0.273 e. The fraction of sp³-hybridized carbons (Fsp3) is 0.182. The van der Waals surface area contributed by atoms with Gasteiger partial charge in [0.15, 0.2) is 0 Å². The van der Waals surface area contributed by atoms with Crippen LogP contribution in [0.1, 0.15) is 27.3 Å². The molecule has 0 fully saturated rings. The van der Waals surface area contributed by atoms with Crippen LogP contribution < -0.4 is 14.9 Å². The summed E-state index contributed by atoms with van der Waals surface area (Å²) in [6, 6.07) is 13.2. The van der Waals surface area contributed by atoms with Gasteiger partial charge in [-0.1, -0.05) is 0 Å².